The van der Waals surface area contributed by atoms with E-state index in [4.69, 9.17) is 16.1 Å². The number of nitrogens with one attached hydrogen (secondary N) is 1. The van der Waals surface area contributed by atoms with E-state index in [1.54, 1.807) is 12.1 Å². The molecule has 2 aromatic heterocycles. The second-order valence-corrected chi connectivity index (χ2v) is 4.29. The number of amides is 1. The highest BCUT2D eigenvalue weighted by atomic mass is 35.5. The summed E-state index contributed by atoms with van der Waals surface area (Å²) in [5, 5.41) is 8.31. The summed E-state index contributed by atoms with van der Waals surface area (Å²) in [5.41, 5.74) is 0.669. The first-order valence-electron chi connectivity index (χ1n) is 4.61. The normalized spacial score (nSPS) is 10.3. The first-order chi connectivity index (χ1) is 7.79. The van der Waals surface area contributed by atoms with Crippen molar-refractivity contribution in [1.82, 2.24) is 10.5 Å². The van der Waals surface area contributed by atoms with E-state index in [0.717, 1.165) is 0 Å². The van der Waals surface area contributed by atoms with E-state index in [1.165, 1.54) is 11.3 Å². The Hall–Kier alpha value is -1.33. The van der Waals surface area contributed by atoms with Crippen molar-refractivity contribution in [3.05, 3.63) is 39.9 Å². The predicted octanol–water partition coefficient (Wildman–Crippen LogP) is 2.40. The minimum atomic E-state index is -0.112. The topological polar surface area (TPSA) is 55.1 Å². The third-order valence-corrected chi connectivity index (χ3v) is 3.06. The van der Waals surface area contributed by atoms with Gasteiger partial charge in [-0.3, -0.25) is 4.79 Å². The number of carbonyl (C=O) groups is 1. The van der Waals surface area contributed by atoms with Crippen molar-refractivity contribution in [3.63, 3.8) is 0 Å². The van der Waals surface area contributed by atoms with E-state index in [9.17, 15) is 4.79 Å². The van der Waals surface area contributed by atoms with Gasteiger partial charge in [-0.2, -0.15) is 0 Å². The Bertz CT molecular complexity index is 467. The Morgan fingerprint density at radius 2 is 2.50 bits per heavy atom. The third kappa shape index (κ3) is 2.62. The van der Waals surface area contributed by atoms with Gasteiger partial charge in [-0.25, -0.2) is 0 Å². The number of rotatable bonds is 4. The monoisotopic (exact) mass is 256 g/mol. The lowest BCUT2D eigenvalue weighted by Gasteiger charge is -1.98. The van der Waals surface area contributed by atoms with Crippen molar-refractivity contribution in [3.8, 4) is 0 Å². The summed E-state index contributed by atoms with van der Waals surface area (Å²) >= 11 is 6.97. The van der Waals surface area contributed by atoms with Gasteiger partial charge in [0, 0.05) is 6.07 Å². The maximum absolute atomic E-state index is 11.6. The summed E-state index contributed by atoms with van der Waals surface area (Å²) in [4.78, 5) is 12.2. The molecule has 16 heavy (non-hydrogen) atoms. The number of thiophene rings is 1. The molecule has 0 bridgehead atoms. The quantitative estimate of drug-likeness (QED) is 0.855. The zero-order valence-corrected chi connectivity index (χ0v) is 9.85. The van der Waals surface area contributed by atoms with Crippen LogP contribution in [0, 0.1) is 0 Å². The van der Waals surface area contributed by atoms with Gasteiger partial charge >= 0.3 is 0 Å². The van der Waals surface area contributed by atoms with Gasteiger partial charge in [-0.15, -0.1) is 22.9 Å². The number of hydrogen-bond acceptors (Lipinski definition) is 4. The summed E-state index contributed by atoms with van der Waals surface area (Å²) in [5.74, 6) is 0.793. The maximum Gasteiger partial charge on any atom is 0.261 e. The van der Waals surface area contributed by atoms with E-state index in [1.807, 2.05) is 11.4 Å². The number of alkyl halides is 1. The van der Waals surface area contributed by atoms with Crippen LogP contribution >= 0.6 is 22.9 Å². The van der Waals surface area contributed by atoms with Crippen molar-refractivity contribution >= 4 is 28.8 Å². The smallest absolute Gasteiger partial charge is 0.261 e. The molecule has 0 atom stereocenters. The molecule has 0 unspecified atom stereocenters. The summed E-state index contributed by atoms with van der Waals surface area (Å²) in [7, 11) is 0. The molecular weight excluding hydrogens is 248 g/mol. The number of halogens is 1. The van der Waals surface area contributed by atoms with Gasteiger partial charge in [-0.1, -0.05) is 11.2 Å². The minimum Gasteiger partial charge on any atom is -0.359 e. The largest absolute Gasteiger partial charge is 0.359 e. The number of nitrogens with zero attached hydrogens (tertiary/aromatic N) is 1. The Morgan fingerprint density at radius 3 is 3.12 bits per heavy atom. The third-order valence-electron chi connectivity index (χ3n) is 1.91. The SMILES string of the molecule is O=C(NCc1cc(CCl)no1)c1cccs1. The van der Waals surface area contributed by atoms with Crippen LogP contribution in [-0.4, -0.2) is 11.1 Å². The predicted molar refractivity (Wildman–Crippen MR) is 61.5 cm³/mol. The number of aromatic nitrogens is 1. The van der Waals surface area contributed by atoms with Gasteiger partial charge in [0.05, 0.1) is 23.0 Å². The first kappa shape index (κ1) is 11.2. The minimum absolute atomic E-state index is 0.112. The highest BCUT2D eigenvalue weighted by Crippen LogP contribution is 2.09. The lowest BCUT2D eigenvalue weighted by Crippen LogP contribution is -2.21. The molecule has 1 N–H and O–H groups in total. The van der Waals surface area contributed by atoms with Gasteiger partial charge in [0.1, 0.15) is 0 Å². The van der Waals surface area contributed by atoms with Crippen LogP contribution in [0.5, 0.6) is 0 Å². The molecule has 0 spiro atoms. The van der Waals surface area contributed by atoms with Crippen LogP contribution in [0.25, 0.3) is 0 Å². The van der Waals surface area contributed by atoms with Gasteiger partial charge in [-0.05, 0) is 11.4 Å². The molecule has 2 heterocycles. The molecule has 0 aliphatic rings. The number of carbonyl (C=O) groups excluding carboxylic acids is 1. The molecule has 0 aliphatic carbocycles. The van der Waals surface area contributed by atoms with Crippen molar-refractivity contribution < 1.29 is 9.32 Å². The molecule has 0 fully saturated rings. The van der Waals surface area contributed by atoms with Gasteiger partial charge in [0.25, 0.3) is 5.91 Å². The Morgan fingerprint density at radius 1 is 1.62 bits per heavy atom. The van der Waals surface area contributed by atoms with Crippen LogP contribution in [0.2, 0.25) is 0 Å². The fourth-order valence-corrected chi connectivity index (χ4v) is 1.93. The molecule has 6 heteroatoms. The average Bonchev–Trinajstić information content (AvgIpc) is 2.96. The lowest BCUT2D eigenvalue weighted by atomic mass is 10.3. The zero-order valence-electron chi connectivity index (χ0n) is 8.27. The van der Waals surface area contributed by atoms with Crippen LogP contribution in [0.1, 0.15) is 21.1 Å². The van der Waals surface area contributed by atoms with Crippen LogP contribution in [0.15, 0.2) is 28.1 Å². The van der Waals surface area contributed by atoms with Gasteiger partial charge < -0.3 is 9.84 Å². The fraction of sp³-hybridized carbons (Fsp3) is 0.200. The standard InChI is InChI=1S/C10H9ClN2O2S/c11-5-7-4-8(15-13-7)6-12-10(14)9-2-1-3-16-9/h1-4H,5-6H2,(H,12,14). The highest BCUT2D eigenvalue weighted by Gasteiger charge is 2.08. The summed E-state index contributed by atoms with van der Waals surface area (Å²) in [6.07, 6.45) is 0. The van der Waals surface area contributed by atoms with E-state index >= 15 is 0 Å². The van der Waals surface area contributed by atoms with E-state index in [-0.39, 0.29) is 5.91 Å². The maximum atomic E-state index is 11.6. The molecule has 0 saturated carbocycles. The summed E-state index contributed by atoms with van der Waals surface area (Å²) in [6, 6.07) is 5.33. The molecule has 2 aromatic rings. The second-order valence-electron chi connectivity index (χ2n) is 3.08. The van der Waals surface area contributed by atoms with E-state index in [2.05, 4.69) is 10.5 Å². The van der Waals surface area contributed by atoms with E-state index in [0.29, 0.717) is 28.8 Å². The highest BCUT2D eigenvalue weighted by molar-refractivity contribution is 7.12. The van der Waals surface area contributed by atoms with Crippen molar-refractivity contribution in [2.45, 2.75) is 12.4 Å². The van der Waals surface area contributed by atoms with Gasteiger partial charge in [0.2, 0.25) is 0 Å². The molecule has 0 radical (unpaired) electrons. The Kier molecular flexibility index (Phi) is 3.58. The van der Waals surface area contributed by atoms with Crippen LogP contribution in [0.3, 0.4) is 0 Å². The van der Waals surface area contributed by atoms with Crippen LogP contribution in [0.4, 0.5) is 0 Å². The van der Waals surface area contributed by atoms with E-state index < -0.39 is 0 Å². The molecule has 0 aliphatic heterocycles. The molecule has 1 amide bonds. The first-order valence-corrected chi connectivity index (χ1v) is 6.03. The van der Waals surface area contributed by atoms with Crippen molar-refractivity contribution in [2.24, 2.45) is 0 Å². The zero-order chi connectivity index (χ0) is 11.4. The number of hydrogen-bond donors (Lipinski definition) is 1. The summed E-state index contributed by atoms with van der Waals surface area (Å²) in [6.45, 7) is 0.320. The Balaban J connectivity index is 1.90. The molecule has 2 rings (SSSR count). The second kappa shape index (κ2) is 5.14. The molecule has 84 valence electrons. The fourth-order valence-electron chi connectivity index (χ4n) is 1.16. The molecule has 0 saturated heterocycles. The molecule has 4 nitrogen and oxygen atoms in total. The average molecular weight is 257 g/mol. The van der Waals surface area contributed by atoms with Crippen molar-refractivity contribution in [1.29, 1.82) is 0 Å². The molecule has 0 aromatic carbocycles. The van der Waals surface area contributed by atoms with Crippen molar-refractivity contribution in [2.75, 3.05) is 0 Å². The summed E-state index contributed by atoms with van der Waals surface area (Å²) < 4.78 is 4.98. The lowest BCUT2D eigenvalue weighted by molar-refractivity contribution is 0.0951. The van der Waals surface area contributed by atoms with Gasteiger partial charge in [0.15, 0.2) is 5.76 Å². The van der Waals surface area contributed by atoms with Crippen LogP contribution in [-0.2, 0) is 12.4 Å². The molecular formula is C10H9ClN2O2S. The Labute approximate surface area is 101 Å². The van der Waals surface area contributed by atoms with Crippen LogP contribution < -0.4 is 5.32 Å².